The Labute approximate surface area is 189 Å². The molecule has 0 fully saturated rings. The molecule has 172 valence electrons. The number of fused-ring (bicyclic) bond motifs is 2. The lowest BCUT2D eigenvalue weighted by molar-refractivity contribution is -0.173. The van der Waals surface area contributed by atoms with Gasteiger partial charge in [0.25, 0.3) is 5.91 Å². The highest BCUT2D eigenvalue weighted by Crippen LogP contribution is 2.45. The van der Waals surface area contributed by atoms with E-state index in [1.54, 1.807) is 29.2 Å². The molecule has 3 heterocycles. The Hall–Kier alpha value is -3.49. The molecule has 2 aliphatic heterocycles. The predicted octanol–water partition coefficient (Wildman–Crippen LogP) is 5.15. The van der Waals surface area contributed by atoms with Crippen molar-refractivity contribution >= 4 is 17.4 Å². The van der Waals surface area contributed by atoms with Crippen molar-refractivity contribution in [2.45, 2.75) is 37.5 Å². The number of aromatic nitrogens is 2. The van der Waals surface area contributed by atoms with Crippen LogP contribution in [0.1, 0.15) is 46.4 Å². The number of halogens is 3. The third-order valence-electron chi connectivity index (χ3n) is 6.32. The summed E-state index contributed by atoms with van der Waals surface area (Å²) in [5.74, 6) is 0.283. The van der Waals surface area contributed by atoms with Gasteiger partial charge in [0.2, 0.25) is 0 Å². The molecule has 5 rings (SSSR count). The summed E-state index contributed by atoms with van der Waals surface area (Å²) >= 11 is 0. The zero-order valence-electron chi connectivity index (χ0n) is 18.0. The quantitative estimate of drug-likeness (QED) is 0.593. The number of rotatable bonds is 3. The fourth-order valence-corrected chi connectivity index (χ4v) is 4.69. The van der Waals surface area contributed by atoms with Crippen LogP contribution >= 0.6 is 0 Å². The fraction of sp³-hybridized carbons (Fsp3) is 0.333. The van der Waals surface area contributed by atoms with Crippen molar-refractivity contribution in [3.8, 4) is 5.75 Å². The third kappa shape index (κ3) is 3.81. The number of benzene rings is 2. The molecule has 2 atom stereocenters. The first-order chi connectivity index (χ1) is 15.9. The van der Waals surface area contributed by atoms with E-state index in [2.05, 4.69) is 10.4 Å². The molecule has 33 heavy (non-hydrogen) atoms. The van der Waals surface area contributed by atoms with Gasteiger partial charge >= 0.3 is 6.18 Å². The highest BCUT2D eigenvalue weighted by molar-refractivity contribution is 6.09. The van der Waals surface area contributed by atoms with E-state index in [1.165, 1.54) is 13.3 Å². The number of anilines is 2. The Morgan fingerprint density at radius 2 is 2.00 bits per heavy atom. The van der Waals surface area contributed by atoms with E-state index in [-0.39, 0.29) is 23.7 Å². The van der Waals surface area contributed by atoms with Gasteiger partial charge < -0.3 is 15.0 Å². The van der Waals surface area contributed by atoms with Crippen molar-refractivity contribution < 1.29 is 22.7 Å². The molecule has 0 spiro atoms. The molecule has 1 N–H and O–H groups in total. The van der Waals surface area contributed by atoms with Gasteiger partial charge in [0.1, 0.15) is 17.1 Å². The molecule has 0 aliphatic carbocycles. The zero-order valence-corrected chi connectivity index (χ0v) is 18.0. The lowest BCUT2D eigenvalue weighted by Gasteiger charge is -2.35. The highest BCUT2D eigenvalue weighted by atomic mass is 19.4. The Kier molecular flexibility index (Phi) is 5.26. The normalized spacial score (nSPS) is 19.9. The summed E-state index contributed by atoms with van der Waals surface area (Å²) in [4.78, 5) is 15.2. The number of hydrogen-bond donors (Lipinski definition) is 1. The smallest absolute Gasteiger partial charge is 0.410 e. The lowest BCUT2D eigenvalue weighted by atomic mass is 9.96. The van der Waals surface area contributed by atoms with Gasteiger partial charge in [-0.05, 0) is 42.2 Å². The molecule has 2 aromatic carbocycles. The fourth-order valence-electron chi connectivity index (χ4n) is 4.69. The largest absolute Gasteiger partial charge is 0.497 e. The summed E-state index contributed by atoms with van der Waals surface area (Å²) in [5.41, 5.74) is 2.63. The summed E-state index contributed by atoms with van der Waals surface area (Å²) in [6.07, 6.45) is -1.87. The number of nitrogens with one attached hydrogen (secondary N) is 1. The minimum Gasteiger partial charge on any atom is -0.497 e. The molecule has 2 aliphatic rings. The number of methoxy groups -OCH3 is 1. The summed E-state index contributed by atoms with van der Waals surface area (Å²) in [6, 6.07) is 12.0. The minimum absolute atomic E-state index is 0.0875. The van der Waals surface area contributed by atoms with Gasteiger partial charge in [-0.3, -0.25) is 4.79 Å². The van der Waals surface area contributed by atoms with Crippen molar-refractivity contribution in [2.24, 2.45) is 0 Å². The molecular formula is C24H23F3N4O2. The molecule has 6 nitrogen and oxygen atoms in total. The second kappa shape index (κ2) is 8.13. The van der Waals surface area contributed by atoms with Crippen molar-refractivity contribution in [3.05, 3.63) is 71.4 Å². The average Bonchev–Trinajstić information content (AvgIpc) is 3.26. The molecule has 0 bridgehead atoms. The standard InChI is InChI=1S/C24H23F3N4O2/c1-33-17-9-4-7-16(12-17)19-13-21(24(25,26)27)31-22(29-19)18(14-28-31)23(32)30-11-5-8-15-6-2-3-10-20(15)30/h2-4,6-7,9-10,12,14,19,21,29H,5,8,11,13H2,1H3/t19-,21+/m0/s1. The van der Waals surface area contributed by atoms with Crippen LogP contribution in [-0.2, 0) is 6.42 Å². The van der Waals surface area contributed by atoms with Crippen molar-refractivity contribution in [3.63, 3.8) is 0 Å². The average molecular weight is 456 g/mol. The number of alkyl halides is 3. The molecule has 3 aromatic rings. The summed E-state index contributed by atoms with van der Waals surface area (Å²) in [7, 11) is 1.51. The van der Waals surface area contributed by atoms with E-state index < -0.39 is 18.3 Å². The number of aryl methyl sites for hydroxylation is 1. The van der Waals surface area contributed by atoms with Crippen LogP contribution in [0, 0.1) is 0 Å². The van der Waals surface area contributed by atoms with Crippen molar-refractivity contribution in [1.82, 2.24) is 9.78 Å². The number of amides is 1. The zero-order chi connectivity index (χ0) is 23.2. The maximum atomic E-state index is 14.0. The van der Waals surface area contributed by atoms with Crippen LogP contribution in [0.15, 0.2) is 54.7 Å². The molecule has 1 amide bonds. The lowest BCUT2D eigenvalue weighted by Crippen LogP contribution is -2.38. The highest BCUT2D eigenvalue weighted by Gasteiger charge is 2.47. The first kappa shape index (κ1) is 21.4. The van der Waals surface area contributed by atoms with Crippen LogP contribution < -0.4 is 15.0 Å². The maximum Gasteiger partial charge on any atom is 0.410 e. The number of para-hydroxylation sites is 1. The Morgan fingerprint density at radius 3 is 2.79 bits per heavy atom. The van der Waals surface area contributed by atoms with Gasteiger partial charge in [0.05, 0.1) is 19.3 Å². The number of carbonyl (C=O) groups excluding carboxylic acids is 1. The van der Waals surface area contributed by atoms with Crippen LogP contribution in [0.25, 0.3) is 0 Å². The predicted molar refractivity (Wildman–Crippen MR) is 118 cm³/mol. The molecule has 0 unspecified atom stereocenters. The number of carbonyl (C=O) groups is 1. The van der Waals surface area contributed by atoms with Gasteiger partial charge in [-0.1, -0.05) is 30.3 Å². The SMILES string of the molecule is COc1cccc([C@@H]2C[C@H](C(F)(F)F)n3ncc(C(=O)N4CCCc5ccccc54)c3N2)c1. The number of ether oxygens (including phenoxy) is 1. The van der Waals surface area contributed by atoms with Crippen molar-refractivity contribution in [2.75, 3.05) is 23.9 Å². The van der Waals surface area contributed by atoms with E-state index in [1.807, 2.05) is 24.3 Å². The summed E-state index contributed by atoms with van der Waals surface area (Å²) in [6.45, 7) is 0.502. The third-order valence-corrected chi connectivity index (χ3v) is 6.32. The number of nitrogens with zero attached hydrogens (tertiary/aromatic N) is 3. The van der Waals surface area contributed by atoms with E-state index in [9.17, 15) is 18.0 Å². The van der Waals surface area contributed by atoms with Crippen LogP contribution in [0.5, 0.6) is 5.75 Å². The summed E-state index contributed by atoms with van der Waals surface area (Å²) in [5, 5.41) is 7.16. The first-order valence-corrected chi connectivity index (χ1v) is 10.8. The minimum atomic E-state index is -4.52. The molecule has 9 heteroatoms. The molecule has 0 saturated heterocycles. The topological polar surface area (TPSA) is 59.4 Å². The molecule has 0 saturated carbocycles. The van der Waals surface area contributed by atoms with Gasteiger partial charge in [-0.15, -0.1) is 0 Å². The van der Waals surface area contributed by atoms with E-state index in [0.29, 0.717) is 17.9 Å². The van der Waals surface area contributed by atoms with E-state index >= 15 is 0 Å². The maximum absolute atomic E-state index is 14.0. The van der Waals surface area contributed by atoms with E-state index in [4.69, 9.17) is 4.74 Å². The van der Waals surface area contributed by atoms with Crippen LogP contribution in [-0.4, -0.2) is 35.5 Å². The molecule has 0 radical (unpaired) electrons. The molecule has 1 aromatic heterocycles. The second-order valence-electron chi connectivity index (χ2n) is 8.31. The molecular weight excluding hydrogens is 433 g/mol. The van der Waals surface area contributed by atoms with Gasteiger partial charge in [0.15, 0.2) is 6.04 Å². The number of hydrogen-bond acceptors (Lipinski definition) is 4. The van der Waals surface area contributed by atoms with Crippen LogP contribution in [0.3, 0.4) is 0 Å². The Morgan fingerprint density at radius 1 is 1.18 bits per heavy atom. The van der Waals surface area contributed by atoms with E-state index in [0.717, 1.165) is 28.8 Å². The van der Waals surface area contributed by atoms with Crippen molar-refractivity contribution in [1.29, 1.82) is 0 Å². The second-order valence-corrected chi connectivity index (χ2v) is 8.31. The van der Waals surface area contributed by atoms with Gasteiger partial charge in [0, 0.05) is 18.7 Å². The Balaban J connectivity index is 1.55. The summed E-state index contributed by atoms with van der Waals surface area (Å²) < 4.78 is 48.2. The van der Waals surface area contributed by atoms with Crippen LogP contribution in [0.2, 0.25) is 0 Å². The van der Waals surface area contributed by atoms with Crippen LogP contribution in [0.4, 0.5) is 24.7 Å². The first-order valence-electron chi connectivity index (χ1n) is 10.8. The van der Waals surface area contributed by atoms with Gasteiger partial charge in [-0.25, -0.2) is 4.68 Å². The monoisotopic (exact) mass is 456 g/mol. The Bertz CT molecular complexity index is 1190. The van der Waals surface area contributed by atoms with Gasteiger partial charge in [-0.2, -0.15) is 18.3 Å².